The van der Waals surface area contributed by atoms with Gasteiger partial charge in [-0.25, -0.2) is 9.07 Å². The van der Waals surface area contributed by atoms with Gasteiger partial charge in [0.2, 0.25) is 5.95 Å². The van der Waals surface area contributed by atoms with Gasteiger partial charge >= 0.3 is 0 Å². The predicted molar refractivity (Wildman–Crippen MR) is 94.3 cm³/mol. The Morgan fingerprint density at radius 3 is 2.80 bits per heavy atom. The first-order valence-electron chi connectivity index (χ1n) is 8.34. The molecule has 0 unspecified atom stereocenters. The number of benzene rings is 1. The molecule has 0 spiro atoms. The quantitative estimate of drug-likeness (QED) is 0.739. The molecule has 0 fully saturated rings. The Balaban J connectivity index is 1.77. The molecule has 0 radical (unpaired) electrons. The molecule has 0 atom stereocenters. The third-order valence-electron chi connectivity index (χ3n) is 4.54. The van der Waals surface area contributed by atoms with Gasteiger partial charge < -0.3 is 4.90 Å². The normalized spacial score (nSPS) is 14.8. The van der Waals surface area contributed by atoms with Crippen LogP contribution in [0.3, 0.4) is 0 Å². The van der Waals surface area contributed by atoms with E-state index in [1.807, 2.05) is 25.7 Å². The van der Waals surface area contributed by atoms with Crippen molar-refractivity contribution in [1.29, 1.82) is 0 Å². The Bertz CT molecular complexity index is 1010. The number of halogens is 1. The second-order valence-electron chi connectivity index (χ2n) is 7.44. The van der Waals surface area contributed by atoms with Crippen LogP contribution in [-0.4, -0.2) is 26.3 Å². The molecule has 0 aliphatic carbocycles. The SMILES string of the molecule is CC(C)(C)n1ncc2c(=O)[nH]c(N3CCc4cc(F)ccc4C3)nc21. The van der Waals surface area contributed by atoms with E-state index < -0.39 is 0 Å². The second-order valence-corrected chi connectivity index (χ2v) is 7.44. The van der Waals surface area contributed by atoms with Gasteiger partial charge in [0.05, 0.1) is 11.7 Å². The van der Waals surface area contributed by atoms with Crippen molar-refractivity contribution in [3.8, 4) is 0 Å². The maximum absolute atomic E-state index is 13.4. The molecule has 0 saturated carbocycles. The number of anilines is 1. The van der Waals surface area contributed by atoms with Crippen LogP contribution in [0.5, 0.6) is 0 Å². The zero-order valence-corrected chi connectivity index (χ0v) is 14.5. The number of nitrogens with zero attached hydrogens (tertiary/aromatic N) is 4. The van der Waals surface area contributed by atoms with Crippen LogP contribution >= 0.6 is 0 Å². The lowest BCUT2D eigenvalue weighted by Gasteiger charge is -2.29. The van der Waals surface area contributed by atoms with Crippen molar-refractivity contribution in [2.75, 3.05) is 11.4 Å². The number of hydrogen-bond donors (Lipinski definition) is 1. The molecule has 0 saturated heterocycles. The molecule has 2 aromatic heterocycles. The first-order valence-corrected chi connectivity index (χ1v) is 8.34. The molecular formula is C18H20FN5O. The fraction of sp³-hybridized carbons (Fsp3) is 0.389. The van der Waals surface area contributed by atoms with Crippen LogP contribution < -0.4 is 10.5 Å². The Hall–Kier alpha value is -2.70. The van der Waals surface area contributed by atoms with Crippen LogP contribution in [-0.2, 0) is 18.5 Å². The first-order chi connectivity index (χ1) is 11.8. The molecule has 25 heavy (non-hydrogen) atoms. The monoisotopic (exact) mass is 341 g/mol. The van der Waals surface area contributed by atoms with Crippen LogP contribution in [0, 0.1) is 5.82 Å². The van der Waals surface area contributed by atoms with Gasteiger partial charge in [0, 0.05) is 13.1 Å². The molecule has 1 aliphatic rings. The van der Waals surface area contributed by atoms with E-state index >= 15 is 0 Å². The van der Waals surface area contributed by atoms with Crippen molar-refractivity contribution in [3.63, 3.8) is 0 Å². The highest BCUT2D eigenvalue weighted by atomic mass is 19.1. The van der Waals surface area contributed by atoms with Crippen LogP contribution in [0.15, 0.2) is 29.2 Å². The number of aromatic nitrogens is 4. The average Bonchev–Trinajstić information content (AvgIpc) is 2.99. The maximum atomic E-state index is 13.4. The third kappa shape index (κ3) is 2.69. The average molecular weight is 341 g/mol. The van der Waals surface area contributed by atoms with Gasteiger partial charge in [0.1, 0.15) is 11.2 Å². The number of fused-ring (bicyclic) bond motifs is 2. The van der Waals surface area contributed by atoms with Crippen LogP contribution in [0.4, 0.5) is 10.3 Å². The largest absolute Gasteiger partial charge is 0.338 e. The first kappa shape index (κ1) is 15.8. The van der Waals surface area contributed by atoms with Gasteiger partial charge in [-0.2, -0.15) is 10.1 Å². The molecule has 4 rings (SSSR count). The number of aromatic amines is 1. The lowest BCUT2D eigenvalue weighted by molar-refractivity contribution is 0.366. The Labute approximate surface area is 144 Å². The molecule has 1 aromatic carbocycles. The van der Waals surface area contributed by atoms with E-state index in [0.29, 0.717) is 36.5 Å². The van der Waals surface area contributed by atoms with Gasteiger partial charge in [-0.15, -0.1) is 0 Å². The summed E-state index contributed by atoms with van der Waals surface area (Å²) in [4.78, 5) is 22.0. The van der Waals surface area contributed by atoms with Gasteiger partial charge in [-0.1, -0.05) is 6.07 Å². The second kappa shape index (κ2) is 5.40. The van der Waals surface area contributed by atoms with Gasteiger partial charge in [0.15, 0.2) is 5.65 Å². The predicted octanol–water partition coefficient (Wildman–Crippen LogP) is 2.58. The summed E-state index contributed by atoms with van der Waals surface area (Å²) >= 11 is 0. The van der Waals surface area contributed by atoms with Crippen molar-refractivity contribution in [2.45, 2.75) is 39.3 Å². The minimum Gasteiger partial charge on any atom is -0.338 e. The summed E-state index contributed by atoms with van der Waals surface area (Å²) in [6.07, 6.45) is 2.28. The lowest BCUT2D eigenvalue weighted by Crippen LogP contribution is -2.33. The Morgan fingerprint density at radius 1 is 1.24 bits per heavy atom. The van der Waals surface area contributed by atoms with Crippen molar-refractivity contribution >= 4 is 17.0 Å². The molecule has 3 aromatic rings. The van der Waals surface area contributed by atoms with Crippen molar-refractivity contribution in [2.24, 2.45) is 0 Å². The molecule has 1 N–H and O–H groups in total. The van der Waals surface area contributed by atoms with Crippen molar-refractivity contribution in [1.82, 2.24) is 19.7 Å². The van der Waals surface area contributed by atoms with Gasteiger partial charge in [0.25, 0.3) is 5.56 Å². The fourth-order valence-corrected chi connectivity index (χ4v) is 3.25. The van der Waals surface area contributed by atoms with E-state index in [4.69, 9.17) is 0 Å². The highest BCUT2D eigenvalue weighted by Gasteiger charge is 2.23. The topological polar surface area (TPSA) is 66.8 Å². The van der Waals surface area contributed by atoms with Crippen LogP contribution in [0.2, 0.25) is 0 Å². The number of H-pyrrole nitrogens is 1. The van der Waals surface area contributed by atoms with Gasteiger partial charge in [-0.05, 0) is 50.5 Å². The van der Waals surface area contributed by atoms with E-state index in [-0.39, 0.29) is 16.9 Å². The molecule has 0 amide bonds. The Kier molecular flexibility index (Phi) is 3.42. The Morgan fingerprint density at radius 2 is 2.04 bits per heavy atom. The van der Waals surface area contributed by atoms with E-state index in [1.54, 1.807) is 23.0 Å². The van der Waals surface area contributed by atoms with E-state index in [9.17, 15) is 9.18 Å². The molecular weight excluding hydrogens is 321 g/mol. The summed E-state index contributed by atoms with van der Waals surface area (Å²) in [5.74, 6) is 0.313. The smallest absolute Gasteiger partial charge is 0.263 e. The van der Waals surface area contributed by atoms with Crippen molar-refractivity contribution in [3.05, 3.63) is 51.7 Å². The summed E-state index contributed by atoms with van der Waals surface area (Å²) < 4.78 is 15.2. The van der Waals surface area contributed by atoms with Crippen LogP contribution in [0.1, 0.15) is 31.9 Å². The number of hydrogen-bond acceptors (Lipinski definition) is 4. The molecule has 6 nitrogen and oxygen atoms in total. The van der Waals surface area contributed by atoms with E-state index in [2.05, 4.69) is 15.1 Å². The van der Waals surface area contributed by atoms with E-state index in [0.717, 1.165) is 11.1 Å². The highest BCUT2D eigenvalue weighted by molar-refractivity contribution is 5.74. The molecule has 1 aliphatic heterocycles. The molecule has 130 valence electrons. The zero-order chi connectivity index (χ0) is 17.8. The van der Waals surface area contributed by atoms with Crippen molar-refractivity contribution < 1.29 is 4.39 Å². The minimum absolute atomic E-state index is 0.194. The minimum atomic E-state index is -0.272. The molecule has 7 heteroatoms. The maximum Gasteiger partial charge on any atom is 0.263 e. The van der Waals surface area contributed by atoms with Gasteiger partial charge in [-0.3, -0.25) is 9.78 Å². The fourth-order valence-electron chi connectivity index (χ4n) is 3.25. The highest BCUT2D eigenvalue weighted by Crippen LogP contribution is 2.24. The summed E-state index contributed by atoms with van der Waals surface area (Å²) in [7, 11) is 0. The summed E-state index contributed by atoms with van der Waals surface area (Å²) in [5.41, 5.74) is 2.18. The standard InChI is InChI=1S/C18H20FN5O/c1-18(2,3)24-15-14(9-20-24)16(25)22-17(21-15)23-7-6-11-8-13(19)5-4-12(11)10-23/h4-5,8-9H,6-7,10H2,1-3H3,(H,21,22,25). The third-order valence-corrected chi connectivity index (χ3v) is 4.54. The van der Waals surface area contributed by atoms with Crippen LogP contribution in [0.25, 0.3) is 11.0 Å². The summed E-state index contributed by atoms with van der Waals surface area (Å²) in [6.45, 7) is 7.33. The summed E-state index contributed by atoms with van der Waals surface area (Å²) in [6, 6.07) is 4.85. The number of nitrogens with one attached hydrogen (secondary N) is 1. The summed E-state index contributed by atoms with van der Waals surface area (Å²) in [5, 5.41) is 4.82. The number of rotatable bonds is 1. The molecule has 0 bridgehead atoms. The lowest BCUT2D eigenvalue weighted by atomic mass is 10.00. The molecule has 3 heterocycles. The zero-order valence-electron chi connectivity index (χ0n) is 14.5. The van der Waals surface area contributed by atoms with E-state index in [1.165, 1.54) is 6.07 Å².